The summed E-state index contributed by atoms with van der Waals surface area (Å²) in [4.78, 5) is 31.3. The Hall–Kier alpha value is -1.89. The second kappa shape index (κ2) is 8.00. The van der Waals surface area contributed by atoms with Gasteiger partial charge in [-0.05, 0) is 46.7 Å². The van der Waals surface area contributed by atoms with Crippen LogP contribution in [0.1, 0.15) is 12.0 Å². The van der Waals surface area contributed by atoms with Gasteiger partial charge in [0.15, 0.2) is 0 Å². The van der Waals surface area contributed by atoms with Crippen molar-refractivity contribution in [2.75, 3.05) is 37.6 Å². The molecule has 7 heteroatoms. The number of hydrogen-bond acceptors (Lipinski definition) is 4. The first-order chi connectivity index (χ1) is 13.1. The first-order valence-corrected chi connectivity index (χ1v) is 10.5. The van der Waals surface area contributed by atoms with Crippen LogP contribution in [0, 0.1) is 5.92 Å². The number of benzene rings is 1. The molecule has 1 unspecified atom stereocenters. The van der Waals surface area contributed by atoms with Crippen molar-refractivity contribution in [2.45, 2.75) is 13.0 Å². The van der Waals surface area contributed by atoms with E-state index in [-0.39, 0.29) is 24.2 Å². The van der Waals surface area contributed by atoms with Crippen LogP contribution in [-0.2, 0) is 16.1 Å². The van der Waals surface area contributed by atoms with Crippen molar-refractivity contribution in [3.8, 4) is 0 Å². The molecule has 0 aliphatic carbocycles. The summed E-state index contributed by atoms with van der Waals surface area (Å²) in [6.45, 7) is 4.61. The monoisotopic (exact) mass is 403 g/mol. The molecule has 0 bridgehead atoms. The van der Waals surface area contributed by atoms with Gasteiger partial charge in [-0.1, -0.05) is 11.6 Å². The van der Waals surface area contributed by atoms with Crippen molar-refractivity contribution in [1.82, 2.24) is 9.80 Å². The van der Waals surface area contributed by atoms with Crippen molar-refractivity contribution in [3.05, 3.63) is 51.7 Å². The number of piperazine rings is 1. The second-order valence-corrected chi connectivity index (χ2v) is 8.33. The lowest BCUT2D eigenvalue weighted by molar-refractivity contribution is -0.137. The SMILES string of the molecule is O=C(C1CC(=O)N(c2ccc(Cl)cc2)C1)N1CCN(Cc2ccsc2)CC1. The summed E-state index contributed by atoms with van der Waals surface area (Å²) in [5.74, 6) is -0.140. The largest absolute Gasteiger partial charge is 0.340 e. The molecule has 3 heterocycles. The van der Waals surface area contributed by atoms with Crippen LogP contribution in [0.2, 0.25) is 5.02 Å². The molecule has 0 N–H and O–H groups in total. The zero-order valence-electron chi connectivity index (χ0n) is 15.0. The average molecular weight is 404 g/mol. The fraction of sp³-hybridized carbons (Fsp3) is 0.400. The Balaban J connectivity index is 1.32. The number of rotatable bonds is 4. The normalized spacial score (nSPS) is 21.1. The Morgan fingerprint density at radius 1 is 1.11 bits per heavy atom. The molecule has 2 amide bonds. The molecule has 1 aromatic carbocycles. The lowest BCUT2D eigenvalue weighted by Crippen LogP contribution is -2.50. The highest BCUT2D eigenvalue weighted by atomic mass is 35.5. The van der Waals surface area contributed by atoms with Crippen LogP contribution in [0.15, 0.2) is 41.1 Å². The van der Waals surface area contributed by atoms with Gasteiger partial charge in [0.2, 0.25) is 11.8 Å². The van der Waals surface area contributed by atoms with Crippen LogP contribution < -0.4 is 4.90 Å². The van der Waals surface area contributed by atoms with Crippen molar-refractivity contribution < 1.29 is 9.59 Å². The minimum atomic E-state index is -0.253. The fourth-order valence-corrected chi connectivity index (χ4v) is 4.55. The summed E-state index contributed by atoms with van der Waals surface area (Å²) in [5, 5.41) is 4.91. The number of carbonyl (C=O) groups is 2. The third-order valence-electron chi connectivity index (χ3n) is 5.28. The van der Waals surface area contributed by atoms with Crippen LogP contribution in [0.4, 0.5) is 5.69 Å². The summed E-state index contributed by atoms with van der Waals surface area (Å²) in [5.41, 5.74) is 2.14. The molecule has 0 saturated carbocycles. The van der Waals surface area contributed by atoms with E-state index in [1.807, 2.05) is 17.0 Å². The predicted octanol–water partition coefficient (Wildman–Crippen LogP) is 3.10. The summed E-state index contributed by atoms with van der Waals surface area (Å²) in [6.07, 6.45) is 0.288. The molecule has 2 saturated heterocycles. The van der Waals surface area contributed by atoms with Gasteiger partial charge in [0.1, 0.15) is 0 Å². The lowest BCUT2D eigenvalue weighted by Gasteiger charge is -2.35. The molecule has 2 aliphatic heterocycles. The summed E-state index contributed by atoms with van der Waals surface area (Å²) in [7, 11) is 0. The van der Waals surface area contributed by atoms with E-state index in [1.54, 1.807) is 28.4 Å². The molecular weight excluding hydrogens is 382 g/mol. The Kier molecular flexibility index (Phi) is 5.48. The van der Waals surface area contributed by atoms with Gasteiger partial charge in [0, 0.05) is 56.4 Å². The molecule has 27 heavy (non-hydrogen) atoms. The summed E-state index contributed by atoms with van der Waals surface area (Å²) in [6, 6.07) is 9.35. The van der Waals surface area contributed by atoms with Gasteiger partial charge in [-0.3, -0.25) is 14.5 Å². The molecule has 0 radical (unpaired) electrons. The number of halogens is 1. The molecule has 142 valence electrons. The molecule has 2 aliphatic rings. The standard InChI is InChI=1S/C20H22ClN3O2S/c21-17-1-3-18(4-2-17)24-13-16(11-19(24)25)20(26)23-8-6-22(7-9-23)12-15-5-10-27-14-15/h1-5,10,14,16H,6-9,11-13H2. The van der Waals surface area contributed by atoms with Crippen LogP contribution >= 0.6 is 22.9 Å². The lowest BCUT2D eigenvalue weighted by atomic mass is 10.1. The van der Waals surface area contributed by atoms with Crippen molar-refractivity contribution in [1.29, 1.82) is 0 Å². The number of hydrogen-bond donors (Lipinski definition) is 0. The Labute approximate surface area is 168 Å². The zero-order valence-corrected chi connectivity index (χ0v) is 16.6. The van der Waals surface area contributed by atoms with Crippen molar-refractivity contribution >= 4 is 40.4 Å². The number of amides is 2. The van der Waals surface area contributed by atoms with Gasteiger partial charge in [-0.25, -0.2) is 0 Å². The molecule has 5 nitrogen and oxygen atoms in total. The van der Waals surface area contributed by atoms with E-state index in [0.717, 1.165) is 38.4 Å². The van der Waals surface area contributed by atoms with E-state index in [4.69, 9.17) is 11.6 Å². The van der Waals surface area contributed by atoms with Gasteiger partial charge in [0.05, 0.1) is 5.92 Å². The third kappa shape index (κ3) is 4.18. The highest BCUT2D eigenvalue weighted by molar-refractivity contribution is 7.07. The average Bonchev–Trinajstić information content (AvgIpc) is 3.32. The van der Waals surface area contributed by atoms with Crippen LogP contribution in [0.3, 0.4) is 0 Å². The highest BCUT2D eigenvalue weighted by Crippen LogP contribution is 2.27. The second-order valence-electron chi connectivity index (χ2n) is 7.11. The van der Waals surface area contributed by atoms with Gasteiger partial charge in [-0.15, -0.1) is 0 Å². The minimum Gasteiger partial charge on any atom is -0.340 e. The molecule has 0 spiro atoms. The minimum absolute atomic E-state index is 0.00626. The number of anilines is 1. The summed E-state index contributed by atoms with van der Waals surface area (Å²) >= 11 is 7.64. The van der Waals surface area contributed by atoms with E-state index < -0.39 is 0 Å². The Morgan fingerprint density at radius 2 is 1.85 bits per heavy atom. The first kappa shape index (κ1) is 18.5. The fourth-order valence-electron chi connectivity index (χ4n) is 3.77. The van der Waals surface area contributed by atoms with Gasteiger partial charge < -0.3 is 9.80 Å². The Morgan fingerprint density at radius 3 is 2.52 bits per heavy atom. The smallest absolute Gasteiger partial charge is 0.228 e. The number of nitrogens with zero attached hydrogens (tertiary/aromatic N) is 3. The van der Waals surface area contributed by atoms with E-state index in [0.29, 0.717) is 11.6 Å². The van der Waals surface area contributed by atoms with Crippen molar-refractivity contribution in [2.24, 2.45) is 5.92 Å². The first-order valence-electron chi connectivity index (χ1n) is 9.18. The van der Waals surface area contributed by atoms with Crippen LogP contribution in [0.5, 0.6) is 0 Å². The Bertz CT molecular complexity index is 801. The van der Waals surface area contributed by atoms with E-state index in [1.165, 1.54) is 5.56 Å². The van der Waals surface area contributed by atoms with Crippen LogP contribution in [0.25, 0.3) is 0 Å². The van der Waals surface area contributed by atoms with E-state index in [2.05, 4.69) is 21.7 Å². The summed E-state index contributed by atoms with van der Waals surface area (Å²) < 4.78 is 0. The molecule has 2 aromatic rings. The number of carbonyl (C=O) groups excluding carboxylic acids is 2. The maximum Gasteiger partial charge on any atom is 0.228 e. The van der Waals surface area contributed by atoms with Gasteiger partial charge >= 0.3 is 0 Å². The quantitative estimate of drug-likeness (QED) is 0.787. The third-order valence-corrected chi connectivity index (χ3v) is 6.27. The maximum absolute atomic E-state index is 12.9. The predicted molar refractivity (Wildman–Crippen MR) is 108 cm³/mol. The topological polar surface area (TPSA) is 43.9 Å². The number of thiophene rings is 1. The maximum atomic E-state index is 12.9. The molecular formula is C20H22ClN3O2S. The molecule has 1 aromatic heterocycles. The van der Waals surface area contributed by atoms with Crippen LogP contribution in [-0.4, -0.2) is 54.3 Å². The van der Waals surface area contributed by atoms with E-state index in [9.17, 15) is 9.59 Å². The zero-order chi connectivity index (χ0) is 18.8. The van der Waals surface area contributed by atoms with Gasteiger partial charge in [-0.2, -0.15) is 11.3 Å². The molecule has 1 atom stereocenters. The highest BCUT2D eigenvalue weighted by Gasteiger charge is 2.37. The van der Waals surface area contributed by atoms with Gasteiger partial charge in [0.25, 0.3) is 0 Å². The molecule has 4 rings (SSSR count). The van der Waals surface area contributed by atoms with E-state index >= 15 is 0 Å². The van der Waals surface area contributed by atoms with Crippen molar-refractivity contribution in [3.63, 3.8) is 0 Å². The molecule has 2 fully saturated rings.